The topological polar surface area (TPSA) is 85.8 Å². The van der Waals surface area contributed by atoms with Crippen molar-refractivity contribution >= 4 is 17.2 Å². The molecule has 7 heteroatoms. The predicted octanol–water partition coefficient (Wildman–Crippen LogP) is 1.10. The van der Waals surface area contributed by atoms with Crippen LogP contribution in [0, 0.1) is 12.8 Å². The van der Waals surface area contributed by atoms with E-state index in [-0.39, 0.29) is 5.91 Å². The molecule has 0 spiro atoms. The molecule has 2 aromatic heterocycles. The van der Waals surface area contributed by atoms with E-state index in [1.165, 1.54) is 0 Å². The van der Waals surface area contributed by atoms with Gasteiger partial charge in [0.15, 0.2) is 0 Å². The number of aromatic nitrogens is 3. The van der Waals surface area contributed by atoms with E-state index in [2.05, 4.69) is 20.8 Å². The molecule has 0 fully saturated rings. The number of carbonyl (C=O) groups excluding carboxylic acids is 1. The molecule has 0 aromatic carbocycles. The normalized spacial score (nSPS) is 17.7. The zero-order valence-corrected chi connectivity index (χ0v) is 12.8. The van der Waals surface area contributed by atoms with E-state index in [1.54, 1.807) is 17.5 Å². The van der Waals surface area contributed by atoms with Crippen molar-refractivity contribution in [3.63, 3.8) is 0 Å². The molecule has 1 amide bonds. The fourth-order valence-electron chi connectivity index (χ4n) is 2.77. The van der Waals surface area contributed by atoms with Crippen LogP contribution >= 0.6 is 11.3 Å². The Morgan fingerprint density at radius 3 is 3.19 bits per heavy atom. The molecule has 21 heavy (non-hydrogen) atoms. The second-order valence-electron chi connectivity index (χ2n) is 5.44. The molecule has 3 rings (SSSR count). The zero-order valence-electron chi connectivity index (χ0n) is 12.0. The number of hydrogen-bond donors (Lipinski definition) is 2. The van der Waals surface area contributed by atoms with Crippen molar-refractivity contribution < 1.29 is 4.79 Å². The van der Waals surface area contributed by atoms with Gasteiger partial charge in [-0.15, -0.1) is 11.3 Å². The molecule has 3 N–H and O–H groups in total. The van der Waals surface area contributed by atoms with E-state index in [9.17, 15) is 4.79 Å². The molecule has 0 saturated carbocycles. The number of aryl methyl sites for hydroxylation is 2. The van der Waals surface area contributed by atoms with Gasteiger partial charge in [0.05, 0.1) is 28.2 Å². The number of rotatable bonds is 5. The summed E-state index contributed by atoms with van der Waals surface area (Å²) < 4.78 is 1.90. The van der Waals surface area contributed by atoms with Crippen LogP contribution in [0.15, 0.2) is 11.6 Å². The van der Waals surface area contributed by atoms with Gasteiger partial charge in [0.25, 0.3) is 5.91 Å². The summed E-state index contributed by atoms with van der Waals surface area (Å²) in [4.78, 5) is 15.8. The highest BCUT2D eigenvalue weighted by Gasteiger charge is 2.23. The predicted molar refractivity (Wildman–Crippen MR) is 81.1 cm³/mol. The van der Waals surface area contributed by atoms with Crippen LogP contribution in [0.1, 0.15) is 33.2 Å². The highest BCUT2D eigenvalue weighted by atomic mass is 32.1. The number of thiazole rings is 1. The highest BCUT2D eigenvalue weighted by Crippen LogP contribution is 2.22. The van der Waals surface area contributed by atoms with Gasteiger partial charge in [-0.05, 0) is 32.2 Å². The molecule has 3 heterocycles. The maximum Gasteiger partial charge on any atom is 0.252 e. The largest absolute Gasteiger partial charge is 0.365 e. The lowest BCUT2D eigenvalue weighted by atomic mass is 9.94. The lowest BCUT2D eigenvalue weighted by Crippen LogP contribution is -2.30. The van der Waals surface area contributed by atoms with Crippen LogP contribution in [0.25, 0.3) is 0 Å². The molecule has 1 atom stereocenters. The van der Waals surface area contributed by atoms with Crippen molar-refractivity contribution in [2.24, 2.45) is 11.7 Å². The Bertz CT molecular complexity index is 648. The first-order valence-electron chi connectivity index (χ1n) is 7.09. The summed E-state index contributed by atoms with van der Waals surface area (Å²) in [6.07, 6.45) is 3.50. The average molecular weight is 305 g/mol. The van der Waals surface area contributed by atoms with E-state index < -0.39 is 0 Å². The van der Waals surface area contributed by atoms with Gasteiger partial charge in [-0.1, -0.05) is 0 Å². The average Bonchev–Trinajstić information content (AvgIpc) is 3.04. The molecular formula is C14H19N5OS. The van der Waals surface area contributed by atoms with E-state index in [0.717, 1.165) is 48.9 Å². The van der Waals surface area contributed by atoms with Crippen LogP contribution < -0.4 is 11.1 Å². The summed E-state index contributed by atoms with van der Waals surface area (Å²) in [6.45, 7) is 4.58. The molecule has 112 valence electrons. The summed E-state index contributed by atoms with van der Waals surface area (Å²) in [5.41, 5.74) is 8.03. The van der Waals surface area contributed by atoms with Gasteiger partial charge in [0.1, 0.15) is 0 Å². The van der Waals surface area contributed by atoms with Crippen LogP contribution in [-0.4, -0.2) is 27.2 Å². The van der Waals surface area contributed by atoms with Gasteiger partial charge in [-0.2, -0.15) is 5.10 Å². The third kappa shape index (κ3) is 3.14. The quantitative estimate of drug-likeness (QED) is 0.866. The molecule has 0 bridgehead atoms. The molecule has 1 aliphatic rings. The first kappa shape index (κ1) is 14.2. The molecule has 0 radical (unpaired) electrons. The SMILES string of the molecule is Cc1nc(CNC[C@@H]2CCn3ncc(C(N)=O)c3C2)cs1. The van der Waals surface area contributed by atoms with Crippen LogP contribution in [-0.2, 0) is 19.5 Å². The van der Waals surface area contributed by atoms with E-state index in [1.807, 2.05) is 11.6 Å². The number of amides is 1. The Labute approximate surface area is 127 Å². The van der Waals surface area contributed by atoms with Gasteiger partial charge in [0.2, 0.25) is 0 Å². The van der Waals surface area contributed by atoms with Crippen molar-refractivity contribution in [3.8, 4) is 0 Å². The van der Waals surface area contributed by atoms with Gasteiger partial charge >= 0.3 is 0 Å². The smallest absolute Gasteiger partial charge is 0.252 e. The minimum absolute atomic E-state index is 0.386. The number of fused-ring (bicyclic) bond motifs is 1. The summed E-state index contributed by atoms with van der Waals surface area (Å²) in [7, 11) is 0. The van der Waals surface area contributed by atoms with Crippen molar-refractivity contribution in [2.45, 2.75) is 32.9 Å². The Hall–Kier alpha value is -1.73. The number of nitrogens with zero attached hydrogens (tertiary/aromatic N) is 3. The van der Waals surface area contributed by atoms with E-state index in [4.69, 9.17) is 5.73 Å². The Morgan fingerprint density at radius 1 is 1.62 bits per heavy atom. The van der Waals surface area contributed by atoms with Crippen LogP contribution in [0.4, 0.5) is 0 Å². The monoisotopic (exact) mass is 305 g/mol. The molecule has 0 aliphatic carbocycles. The van der Waals surface area contributed by atoms with Gasteiger partial charge in [-0.25, -0.2) is 4.98 Å². The van der Waals surface area contributed by atoms with Crippen LogP contribution in [0.2, 0.25) is 0 Å². The van der Waals surface area contributed by atoms with Crippen molar-refractivity contribution in [2.75, 3.05) is 6.54 Å². The number of primary amides is 1. The molecule has 2 aromatic rings. The summed E-state index contributed by atoms with van der Waals surface area (Å²) >= 11 is 1.67. The van der Waals surface area contributed by atoms with Crippen molar-refractivity contribution in [3.05, 3.63) is 33.5 Å². The maximum absolute atomic E-state index is 11.4. The van der Waals surface area contributed by atoms with Crippen LogP contribution in [0.5, 0.6) is 0 Å². The lowest BCUT2D eigenvalue weighted by Gasteiger charge is -2.24. The van der Waals surface area contributed by atoms with Crippen molar-refractivity contribution in [1.29, 1.82) is 0 Å². The minimum atomic E-state index is -0.386. The fraction of sp³-hybridized carbons (Fsp3) is 0.500. The lowest BCUT2D eigenvalue weighted by molar-refractivity contribution is 0.0998. The molecule has 0 unspecified atom stereocenters. The Morgan fingerprint density at radius 2 is 2.48 bits per heavy atom. The zero-order chi connectivity index (χ0) is 14.8. The third-order valence-corrected chi connectivity index (χ3v) is 4.67. The molecule has 6 nitrogen and oxygen atoms in total. The Kier molecular flexibility index (Phi) is 4.03. The van der Waals surface area contributed by atoms with Crippen LogP contribution in [0.3, 0.4) is 0 Å². The maximum atomic E-state index is 11.4. The summed E-state index contributed by atoms with van der Waals surface area (Å²) in [5, 5.41) is 10.9. The minimum Gasteiger partial charge on any atom is -0.365 e. The molecule has 0 saturated heterocycles. The third-order valence-electron chi connectivity index (χ3n) is 3.85. The Balaban J connectivity index is 1.56. The standard InChI is InChI=1S/C14H19N5OS/c1-9-18-11(8-21-9)6-16-5-10-2-3-19-13(4-10)12(7-17-19)14(15)20/h7-8,10,16H,2-6H2,1H3,(H2,15,20)/t10-/m1/s1. The number of nitrogens with two attached hydrogens (primary N) is 1. The summed E-state index contributed by atoms with van der Waals surface area (Å²) in [5.74, 6) is 0.120. The highest BCUT2D eigenvalue weighted by molar-refractivity contribution is 7.09. The van der Waals surface area contributed by atoms with Gasteiger partial charge < -0.3 is 11.1 Å². The second-order valence-corrected chi connectivity index (χ2v) is 6.50. The number of carbonyl (C=O) groups is 1. The van der Waals surface area contributed by atoms with Gasteiger partial charge in [0, 0.05) is 18.5 Å². The second kappa shape index (κ2) is 5.95. The van der Waals surface area contributed by atoms with Crippen molar-refractivity contribution in [1.82, 2.24) is 20.1 Å². The van der Waals surface area contributed by atoms with E-state index >= 15 is 0 Å². The molecule has 1 aliphatic heterocycles. The molecular weight excluding hydrogens is 286 g/mol. The first-order valence-corrected chi connectivity index (χ1v) is 7.97. The van der Waals surface area contributed by atoms with E-state index in [0.29, 0.717) is 11.5 Å². The van der Waals surface area contributed by atoms with Gasteiger partial charge in [-0.3, -0.25) is 9.48 Å². The summed E-state index contributed by atoms with van der Waals surface area (Å²) in [6, 6.07) is 0. The fourth-order valence-corrected chi connectivity index (χ4v) is 3.39. The number of nitrogens with one attached hydrogen (secondary N) is 1. The first-order chi connectivity index (χ1) is 10.1. The number of hydrogen-bond acceptors (Lipinski definition) is 5.